The molecule has 0 atom stereocenters. The van der Waals surface area contributed by atoms with Crippen LogP contribution in [-0.2, 0) is 14.8 Å². The fourth-order valence-electron chi connectivity index (χ4n) is 3.08. The predicted molar refractivity (Wildman–Crippen MR) is 126 cm³/mol. The van der Waals surface area contributed by atoms with Crippen LogP contribution >= 0.6 is 11.8 Å². The lowest BCUT2D eigenvalue weighted by Crippen LogP contribution is -2.38. The highest BCUT2D eigenvalue weighted by Crippen LogP contribution is 2.31. The fourth-order valence-corrected chi connectivity index (χ4v) is 5.30. The molecule has 0 saturated carbocycles. The zero-order valence-electron chi connectivity index (χ0n) is 17.5. The highest BCUT2D eigenvalue weighted by molar-refractivity contribution is 7.98. The number of carbonyl (C=O) groups excluding carboxylic acids is 1. The number of nitrogens with zero attached hydrogens (tertiary/aromatic N) is 1. The molecule has 162 valence electrons. The third-order valence-corrected chi connectivity index (χ3v) is 7.19. The maximum atomic E-state index is 13.6. The Morgan fingerprint density at radius 1 is 1.03 bits per heavy atom. The van der Waals surface area contributed by atoms with Crippen molar-refractivity contribution in [2.45, 2.75) is 16.7 Å². The number of methoxy groups -OCH3 is 1. The van der Waals surface area contributed by atoms with Crippen LogP contribution in [0.4, 0.5) is 11.4 Å². The zero-order valence-corrected chi connectivity index (χ0v) is 19.2. The first-order chi connectivity index (χ1) is 14.9. The molecule has 31 heavy (non-hydrogen) atoms. The van der Waals surface area contributed by atoms with Crippen molar-refractivity contribution in [1.29, 1.82) is 0 Å². The lowest BCUT2D eigenvalue weighted by Gasteiger charge is -2.25. The molecule has 3 aromatic carbocycles. The van der Waals surface area contributed by atoms with Gasteiger partial charge < -0.3 is 10.1 Å². The molecule has 1 N–H and O–H groups in total. The van der Waals surface area contributed by atoms with Crippen molar-refractivity contribution in [2.75, 3.05) is 29.5 Å². The molecule has 0 aliphatic carbocycles. The van der Waals surface area contributed by atoms with Gasteiger partial charge in [-0.1, -0.05) is 36.4 Å². The number of amides is 1. The smallest absolute Gasteiger partial charge is 0.268 e. The van der Waals surface area contributed by atoms with E-state index in [1.807, 2.05) is 24.5 Å². The molecule has 0 unspecified atom stereocenters. The van der Waals surface area contributed by atoms with Gasteiger partial charge in [-0.3, -0.25) is 9.10 Å². The molecule has 0 bridgehead atoms. The molecule has 0 spiro atoms. The molecule has 0 aliphatic heterocycles. The summed E-state index contributed by atoms with van der Waals surface area (Å²) in [6.45, 7) is 1.42. The number of rotatable bonds is 8. The number of para-hydroxylation sites is 2. The van der Waals surface area contributed by atoms with Crippen molar-refractivity contribution in [3.63, 3.8) is 0 Å². The largest absolute Gasteiger partial charge is 0.495 e. The summed E-state index contributed by atoms with van der Waals surface area (Å²) in [5.74, 6) is -0.222. The summed E-state index contributed by atoms with van der Waals surface area (Å²) in [7, 11) is -2.66. The van der Waals surface area contributed by atoms with E-state index < -0.39 is 15.9 Å². The first kappa shape index (κ1) is 22.7. The molecule has 6 nitrogen and oxygen atoms in total. The number of benzene rings is 3. The van der Waals surface area contributed by atoms with E-state index in [0.717, 1.165) is 14.8 Å². The quantitative estimate of drug-likeness (QED) is 0.503. The van der Waals surface area contributed by atoms with Gasteiger partial charge in [-0.25, -0.2) is 8.42 Å². The first-order valence-electron chi connectivity index (χ1n) is 9.52. The average molecular weight is 457 g/mol. The van der Waals surface area contributed by atoms with Gasteiger partial charge >= 0.3 is 0 Å². The monoisotopic (exact) mass is 456 g/mol. The summed E-state index contributed by atoms with van der Waals surface area (Å²) in [6, 6.07) is 20.9. The molecule has 0 saturated heterocycles. The molecular formula is C23H24N2O4S2. The molecule has 0 radical (unpaired) electrons. The molecule has 3 aromatic rings. The maximum absolute atomic E-state index is 13.6. The molecule has 8 heteroatoms. The van der Waals surface area contributed by atoms with Crippen LogP contribution in [-0.4, -0.2) is 34.2 Å². The number of nitrogens with one attached hydrogen (secondary N) is 1. The van der Waals surface area contributed by atoms with Gasteiger partial charge in [-0.15, -0.1) is 11.8 Å². The van der Waals surface area contributed by atoms with Crippen LogP contribution in [0.15, 0.2) is 82.6 Å². The lowest BCUT2D eigenvalue weighted by molar-refractivity contribution is -0.114. The second-order valence-corrected chi connectivity index (χ2v) is 9.43. The number of hydrogen-bond acceptors (Lipinski definition) is 5. The van der Waals surface area contributed by atoms with Crippen LogP contribution < -0.4 is 14.4 Å². The topological polar surface area (TPSA) is 75.7 Å². The Morgan fingerprint density at radius 2 is 1.71 bits per heavy atom. The van der Waals surface area contributed by atoms with Crippen molar-refractivity contribution in [1.82, 2.24) is 0 Å². The van der Waals surface area contributed by atoms with Crippen LogP contribution in [0.5, 0.6) is 5.75 Å². The molecule has 0 aliphatic rings. The number of ether oxygens (including phenoxy) is 1. The summed E-state index contributed by atoms with van der Waals surface area (Å²) in [4.78, 5) is 13.8. The SMILES string of the molecule is COc1ccc(C)cc1S(=O)(=O)N(CC(=O)Nc1ccccc1SC)c1ccccc1. The van der Waals surface area contributed by atoms with E-state index in [9.17, 15) is 13.2 Å². The Kier molecular flexibility index (Phi) is 7.25. The molecule has 3 rings (SSSR count). The number of thioether (sulfide) groups is 1. The van der Waals surface area contributed by atoms with E-state index in [1.165, 1.54) is 18.9 Å². The molecule has 0 aromatic heterocycles. The van der Waals surface area contributed by atoms with Gasteiger partial charge in [0.15, 0.2) is 0 Å². The molecule has 1 amide bonds. The minimum Gasteiger partial charge on any atom is -0.495 e. The molecule has 0 fully saturated rings. The number of sulfonamides is 1. The summed E-state index contributed by atoms with van der Waals surface area (Å²) in [5, 5.41) is 2.83. The standard InChI is InChI=1S/C23H24N2O4S2/c1-17-13-14-20(29-2)22(15-17)31(27,28)25(18-9-5-4-6-10-18)16-23(26)24-19-11-7-8-12-21(19)30-3/h4-15H,16H2,1-3H3,(H,24,26). The summed E-state index contributed by atoms with van der Waals surface area (Å²) in [6.07, 6.45) is 1.91. The Balaban J connectivity index is 2.00. The fraction of sp³-hybridized carbons (Fsp3) is 0.174. The van der Waals surface area contributed by atoms with Crippen LogP contribution in [0.3, 0.4) is 0 Å². The second kappa shape index (κ2) is 9.89. The first-order valence-corrected chi connectivity index (χ1v) is 12.2. The highest BCUT2D eigenvalue weighted by atomic mass is 32.2. The van der Waals surface area contributed by atoms with Gasteiger partial charge in [0, 0.05) is 4.90 Å². The van der Waals surface area contributed by atoms with E-state index in [0.29, 0.717) is 11.4 Å². The highest BCUT2D eigenvalue weighted by Gasteiger charge is 2.30. The molecule has 0 heterocycles. The van der Waals surface area contributed by atoms with Crippen LogP contribution in [0.1, 0.15) is 5.56 Å². The van der Waals surface area contributed by atoms with E-state index in [-0.39, 0.29) is 17.2 Å². The maximum Gasteiger partial charge on any atom is 0.268 e. The van der Waals surface area contributed by atoms with Gasteiger partial charge in [0.25, 0.3) is 10.0 Å². The Bertz CT molecular complexity index is 1170. The van der Waals surface area contributed by atoms with Crippen LogP contribution in [0.2, 0.25) is 0 Å². The Morgan fingerprint density at radius 3 is 2.39 bits per heavy atom. The van der Waals surface area contributed by atoms with Crippen LogP contribution in [0.25, 0.3) is 0 Å². The van der Waals surface area contributed by atoms with Gasteiger partial charge in [-0.2, -0.15) is 0 Å². The van der Waals surface area contributed by atoms with E-state index >= 15 is 0 Å². The number of hydrogen-bond donors (Lipinski definition) is 1. The molecular weight excluding hydrogens is 432 g/mol. The third-order valence-electron chi connectivity index (χ3n) is 4.60. The zero-order chi connectivity index (χ0) is 22.4. The van der Waals surface area contributed by atoms with E-state index in [4.69, 9.17) is 4.74 Å². The lowest BCUT2D eigenvalue weighted by atomic mass is 10.2. The Labute approximate surface area is 187 Å². The minimum absolute atomic E-state index is 0.0103. The van der Waals surface area contributed by atoms with Gasteiger partial charge in [0.2, 0.25) is 5.91 Å². The van der Waals surface area contributed by atoms with E-state index in [2.05, 4.69) is 5.32 Å². The van der Waals surface area contributed by atoms with Crippen LogP contribution in [0, 0.1) is 6.92 Å². The second-order valence-electron chi connectivity index (χ2n) is 6.75. The third kappa shape index (κ3) is 5.21. The van der Waals surface area contributed by atoms with E-state index in [1.54, 1.807) is 61.5 Å². The number of aryl methyl sites for hydroxylation is 1. The average Bonchev–Trinajstić information content (AvgIpc) is 2.78. The van der Waals surface area contributed by atoms with Crippen molar-refractivity contribution < 1.29 is 17.9 Å². The summed E-state index contributed by atoms with van der Waals surface area (Å²) in [5.41, 5.74) is 1.80. The Hall–Kier alpha value is -2.97. The van der Waals surface area contributed by atoms with Crippen molar-refractivity contribution in [2.24, 2.45) is 0 Å². The normalized spacial score (nSPS) is 11.1. The minimum atomic E-state index is -4.08. The summed E-state index contributed by atoms with van der Waals surface area (Å²) < 4.78 is 33.7. The van der Waals surface area contributed by atoms with Crippen molar-refractivity contribution in [3.05, 3.63) is 78.4 Å². The van der Waals surface area contributed by atoms with Crippen molar-refractivity contribution in [3.8, 4) is 5.75 Å². The number of carbonyl (C=O) groups is 1. The summed E-state index contributed by atoms with van der Waals surface area (Å²) >= 11 is 1.50. The van der Waals surface area contributed by atoms with Gasteiger partial charge in [0.05, 0.1) is 18.5 Å². The van der Waals surface area contributed by atoms with Gasteiger partial charge in [0.1, 0.15) is 17.2 Å². The van der Waals surface area contributed by atoms with Gasteiger partial charge in [-0.05, 0) is 55.1 Å². The van der Waals surface area contributed by atoms with Crippen molar-refractivity contribution >= 4 is 39.1 Å². The predicted octanol–water partition coefficient (Wildman–Crippen LogP) is 4.56. The number of anilines is 2.